The molecule has 0 atom stereocenters. The largest absolute Gasteiger partial charge is 0.395 e. The molecule has 2 rings (SSSR count). The number of hydrogen-bond acceptors (Lipinski definition) is 3. The average molecular weight is 187 g/mol. The van der Waals surface area contributed by atoms with Crippen LogP contribution in [-0.4, -0.2) is 26.3 Å². The molecule has 0 radical (unpaired) electrons. The van der Waals surface area contributed by atoms with E-state index in [4.69, 9.17) is 5.11 Å². The predicted molar refractivity (Wildman–Crippen MR) is 51.6 cm³/mol. The highest BCUT2D eigenvalue weighted by molar-refractivity contribution is 5.42. The summed E-state index contributed by atoms with van der Waals surface area (Å²) in [5.41, 5.74) is 1.52. The van der Waals surface area contributed by atoms with Gasteiger partial charge in [-0.3, -0.25) is 0 Å². The second-order valence-electron chi connectivity index (χ2n) is 2.71. The molecule has 0 aromatic carbocycles. The van der Waals surface area contributed by atoms with Crippen molar-refractivity contribution in [1.82, 2.24) is 14.6 Å². The molecule has 0 unspecified atom stereocenters. The van der Waals surface area contributed by atoms with E-state index in [2.05, 4.69) is 21.9 Å². The van der Waals surface area contributed by atoms with Crippen LogP contribution in [0.5, 0.6) is 0 Å². The fraction of sp³-hybridized carbons (Fsp3) is 0.200. The number of nitrogens with zero attached hydrogens (tertiary/aromatic N) is 3. The van der Waals surface area contributed by atoms with Gasteiger partial charge in [0.05, 0.1) is 12.8 Å². The first kappa shape index (κ1) is 8.73. The molecule has 4 nitrogen and oxygen atoms in total. The standard InChI is InChI=1S/C10H9N3O/c14-7-2-1-4-9-8-11-10-5-3-6-12-13(9)10/h3,5-6,8,14H,2,7H2. The van der Waals surface area contributed by atoms with Crippen molar-refractivity contribution in [3.05, 3.63) is 30.2 Å². The van der Waals surface area contributed by atoms with Crippen molar-refractivity contribution in [3.63, 3.8) is 0 Å². The van der Waals surface area contributed by atoms with E-state index in [1.807, 2.05) is 12.1 Å². The van der Waals surface area contributed by atoms with Gasteiger partial charge in [0.2, 0.25) is 0 Å². The van der Waals surface area contributed by atoms with Gasteiger partial charge in [-0.15, -0.1) is 0 Å². The number of rotatable bonds is 1. The van der Waals surface area contributed by atoms with Gasteiger partial charge < -0.3 is 5.11 Å². The van der Waals surface area contributed by atoms with Crippen LogP contribution in [0.2, 0.25) is 0 Å². The van der Waals surface area contributed by atoms with Crippen LogP contribution in [0.3, 0.4) is 0 Å². The van der Waals surface area contributed by atoms with Crippen molar-refractivity contribution in [2.24, 2.45) is 0 Å². The normalized spacial score (nSPS) is 9.79. The smallest absolute Gasteiger partial charge is 0.154 e. The van der Waals surface area contributed by atoms with Gasteiger partial charge in [0.25, 0.3) is 0 Å². The summed E-state index contributed by atoms with van der Waals surface area (Å²) < 4.78 is 1.67. The second kappa shape index (κ2) is 3.90. The summed E-state index contributed by atoms with van der Waals surface area (Å²) in [5, 5.41) is 12.7. The number of aliphatic hydroxyl groups is 1. The molecular weight excluding hydrogens is 178 g/mol. The Kier molecular flexibility index (Phi) is 2.43. The number of imidazole rings is 1. The molecule has 2 aromatic rings. The number of aromatic nitrogens is 3. The highest BCUT2D eigenvalue weighted by atomic mass is 16.2. The number of hydrogen-bond donors (Lipinski definition) is 1. The van der Waals surface area contributed by atoms with Crippen molar-refractivity contribution in [2.45, 2.75) is 6.42 Å². The zero-order valence-electron chi connectivity index (χ0n) is 7.51. The lowest BCUT2D eigenvalue weighted by Crippen LogP contribution is -1.92. The van der Waals surface area contributed by atoms with Crippen LogP contribution in [0.15, 0.2) is 24.5 Å². The molecule has 14 heavy (non-hydrogen) atoms. The maximum absolute atomic E-state index is 8.57. The third kappa shape index (κ3) is 1.58. The molecule has 70 valence electrons. The third-order valence-corrected chi connectivity index (χ3v) is 1.73. The molecule has 0 saturated carbocycles. The highest BCUT2D eigenvalue weighted by Gasteiger charge is 1.98. The van der Waals surface area contributed by atoms with Gasteiger partial charge in [0, 0.05) is 12.6 Å². The average Bonchev–Trinajstić information content (AvgIpc) is 2.63. The number of fused-ring (bicyclic) bond motifs is 1. The summed E-state index contributed by atoms with van der Waals surface area (Å²) in [6.07, 6.45) is 3.83. The van der Waals surface area contributed by atoms with E-state index in [9.17, 15) is 0 Å². The Bertz CT molecular complexity index is 493. The quantitative estimate of drug-likeness (QED) is 0.660. The minimum Gasteiger partial charge on any atom is -0.395 e. The van der Waals surface area contributed by atoms with E-state index >= 15 is 0 Å². The summed E-state index contributed by atoms with van der Waals surface area (Å²) in [7, 11) is 0. The van der Waals surface area contributed by atoms with E-state index in [1.54, 1.807) is 16.9 Å². The van der Waals surface area contributed by atoms with Gasteiger partial charge in [0.1, 0.15) is 5.69 Å². The molecule has 4 heteroatoms. The maximum atomic E-state index is 8.57. The molecule has 0 amide bonds. The van der Waals surface area contributed by atoms with Crippen molar-refractivity contribution in [1.29, 1.82) is 0 Å². The minimum absolute atomic E-state index is 0.0805. The summed E-state index contributed by atoms with van der Waals surface area (Å²) in [4.78, 5) is 4.13. The summed E-state index contributed by atoms with van der Waals surface area (Å²) in [5.74, 6) is 5.73. The SMILES string of the molecule is OCCC#Cc1cnc2cccnn12. The molecule has 0 fully saturated rings. The van der Waals surface area contributed by atoms with E-state index in [0.717, 1.165) is 11.3 Å². The topological polar surface area (TPSA) is 50.4 Å². The maximum Gasteiger partial charge on any atom is 0.154 e. The van der Waals surface area contributed by atoms with E-state index in [0.29, 0.717) is 6.42 Å². The summed E-state index contributed by atoms with van der Waals surface area (Å²) in [6.45, 7) is 0.0805. The molecule has 2 heterocycles. The second-order valence-corrected chi connectivity index (χ2v) is 2.71. The Morgan fingerprint density at radius 1 is 1.50 bits per heavy atom. The Labute approximate surface area is 81.2 Å². The Morgan fingerprint density at radius 3 is 3.29 bits per heavy atom. The summed E-state index contributed by atoms with van der Waals surface area (Å²) in [6, 6.07) is 3.69. The lowest BCUT2D eigenvalue weighted by atomic mass is 10.4. The van der Waals surface area contributed by atoms with Crippen molar-refractivity contribution in [2.75, 3.05) is 6.61 Å². The molecule has 2 aromatic heterocycles. The lowest BCUT2D eigenvalue weighted by Gasteiger charge is -1.90. The predicted octanol–water partition coefficient (Wildman–Crippen LogP) is 0.463. The summed E-state index contributed by atoms with van der Waals surface area (Å²) >= 11 is 0. The monoisotopic (exact) mass is 187 g/mol. The Morgan fingerprint density at radius 2 is 2.43 bits per heavy atom. The van der Waals surface area contributed by atoms with Crippen molar-refractivity contribution >= 4 is 5.65 Å². The first-order chi connectivity index (χ1) is 6.92. The molecule has 0 aliphatic carbocycles. The lowest BCUT2D eigenvalue weighted by molar-refractivity contribution is 0.305. The zero-order valence-corrected chi connectivity index (χ0v) is 7.51. The zero-order chi connectivity index (χ0) is 9.80. The first-order valence-corrected chi connectivity index (χ1v) is 4.30. The highest BCUT2D eigenvalue weighted by Crippen LogP contribution is 2.01. The van der Waals surface area contributed by atoms with Gasteiger partial charge in [0.15, 0.2) is 5.65 Å². The van der Waals surface area contributed by atoms with Crippen LogP contribution in [0.25, 0.3) is 5.65 Å². The molecule has 1 N–H and O–H groups in total. The van der Waals surface area contributed by atoms with E-state index < -0.39 is 0 Å². The van der Waals surface area contributed by atoms with Crippen LogP contribution < -0.4 is 0 Å². The van der Waals surface area contributed by atoms with Crippen molar-refractivity contribution in [3.8, 4) is 11.8 Å². The molecule has 0 spiro atoms. The van der Waals surface area contributed by atoms with E-state index in [-0.39, 0.29) is 6.61 Å². The molecule has 0 aliphatic rings. The molecular formula is C10H9N3O. The Balaban J connectivity index is 2.40. The van der Waals surface area contributed by atoms with Gasteiger partial charge in [-0.1, -0.05) is 5.92 Å². The number of aliphatic hydroxyl groups excluding tert-OH is 1. The van der Waals surface area contributed by atoms with Gasteiger partial charge in [-0.05, 0) is 18.1 Å². The van der Waals surface area contributed by atoms with Crippen molar-refractivity contribution < 1.29 is 5.11 Å². The van der Waals surface area contributed by atoms with Crippen LogP contribution in [0, 0.1) is 11.8 Å². The van der Waals surface area contributed by atoms with Gasteiger partial charge >= 0.3 is 0 Å². The van der Waals surface area contributed by atoms with Crippen LogP contribution in [0.4, 0.5) is 0 Å². The van der Waals surface area contributed by atoms with Crippen LogP contribution in [0.1, 0.15) is 12.1 Å². The molecule has 0 aliphatic heterocycles. The first-order valence-electron chi connectivity index (χ1n) is 4.30. The van der Waals surface area contributed by atoms with E-state index in [1.165, 1.54) is 0 Å². The fourth-order valence-electron chi connectivity index (χ4n) is 1.12. The Hall–Kier alpha value is -1.86. The van der Waals surface area contributed by atoms with Gasteiger partial charge in [-0.25, -0.2) is 9.50 Å². The minimum atomic E-state index is 0.0805. The third-order valence-electron chi connectivity index (χ3n) is 1.73. The van der Waals surface area contributed by atoms with Crippen LogP contribution >= 0.6 is 0 Å². The van der Waals surface area contributed by atoms with Gasteiger partial charge in [-0.2, -0.15) is 5.10 Å². The fourth-order valence-corrected chi connectivity index (χ4v) is 1.12. The molecule has 0 bridgehead atoms. The van der Waals surface area contributed by atoms with Crippen LogP contribution in [-0.2, 0) is 0 Å². The molecule has 0 saturated heterocycles.